The van der Waals surface area contributed by atoms with Gasteiger partial charge in [-0.15, -0.1) is 0 Å². The summed E-state index contributed by atoms with van der Waals surface area (Å²) in [4.78, 5) is 24.8. The zero-order valence-electron chi connectivity index (χ0n) is 16.8. The molecule has 0 aliphatic carbocycles. The van der Waals surface area contributed by atoms with Gasteiger partial charge >= 0.3 is 0 Å². The van der Waals surface area contributed by atoms with Crippen molar-refractivity contribution in [1.82, 2.24) is 9.97 Å². The molecule has 0 radical (unpaired) electrons. The van der Waals surface area contributed by atoms with Crippen LogP contribution in [0.4, 0.5) is 18.9 Å². The van der Waals surface area contributed by atoms with Crippen LogP contribution >= 0.6 is 11.8 Å². The highest BCUT2D eigenvalue weighted by Crippen LogP contribution is 2.48. The van der Waals surface area contributed by atoms with E-state index in [1.807, 2.05) is 0 Å². The van der Waals surface area contributed by atoms with Crippen LogP contribution in [0.1, 0.15) is 22.5 Å². The average molecular weight is 467 g/mol. The van der Waals surface area contributed by atoms with Crippen LogP contribution < -0.4 is 15.8 Å². The van der Waals surface area contributed by atoms with Crippen molar-refractivity contribution >= 4 is 28.5 Å². The SMILES string of the molecule is NC1=N[C@]2(c3cc(NC(=O)c4cnc(OCF)cn4)ccc3F)CCO[C@@H](CF)[C@H]2CS1. The fraction of sp³-hybridized carbons (Fsp3) is 0.400. The minimum absolute atomic E-state index is 0.0435. The predicted molar refractivity (Wildman–Crippen MR) is 113 cm³/mol. The lowest BCUT2D eigenvalue weighted by atomic mass is 9.72. The lowest BCUT2D eigenvalue weighted by Crippen LogP contribution is -2.52. The van der Waals surface area contributed by atoms with Gasteiger partial charge < -0.3 is 20.5 Å². The fourth-order valence-corrected chi connectivity index (χ4v) is 5.07. The molecule has 2 aromatic rings. The summed E-state index contributed by atoms with van der Waals surface area (Å²) in [5.74, 6) is -1.20. The molecule has 4 rings (SSSR count). The first-order valence-corrected chi connectivity index (χ1v) is 10.7. The van der Waals surface area contributed by atoms with Gasteiger partial charge in [-0.05, 0) is 18.2 Å². The number of hydrogen-bond acceptors (Lipinski definition) is 8. The molecule has 1 aromatic carbocycles. The van der Waals surface area contributed by atoms with Crippen molar-refractivity contribution in [2.45, 2.75) is 18.1 Å². The molecule has 1 saturated heterocycles. The molecule has 12 heteroatoms. The highest BCUT2D eigenvalue weighted by atomic mass is 32.2. The Morgan fingerprint density at radius 3 is 2.91 bits per heavy atom. The number of nitrogens with one attached hydrogen (secondary N) is 1. The minimum Gasteiger partial charge on any atom is -0.445 e. The summed E-state index contributed by atoms with van der Waals surface area (Å²) in [6.45, 7) is -1.59. The van der Waals surface area contributed by atoms with Crippen LogP contribution in [0.2, 0.25) is 0 Å². The Labute approximate surface area is 185 Å². The normalized spacial score (nSPS) is 24.9. The second kappa shape index (κ2) is 9.33. The van der Waals surface area contributed by atoms with Gasteiger partial charge in [-0.2, -0.15) is 0 Å². The number of carbonyl (C=O) groups excluding carboxylic acids is 1. The number of aromatic nitrogens is 2. The Bertz CT molecular complexity index is 1030. The zero-order valence-corrected chi connectivity index (χ0v) is 17.6. The number of ether oxygens (including phenoxy) is 2. The molecule has 3 atom stereocenters. The first-order valence-electron chi connectivity index (χ1n) is 9.74. The molecule has 1 aromatic heterocycles. The number of benzene rings is 1. The largest absolute Gasteiger partial charge is 0.445 e. The fourth-order valence-electron chi connectivity index (χ4n) is 4.00. The molecule has 32 heavy (non-hydrogen) atoms. The van der Waals surface area contributed by atoms with Crippen molar-refractivity contribution in [2.24, 2.45) is 16.6 Å². The minimum atomic E-state index is -1.10. The summed E-state index contributed by atoms with van der Waals surface area (Å²) in [6.07, 6.45) is 1.84. The number of amidine groups is 1. The maximum absolute atomic E-state index is 15.0. The third-order valence-corrected chi connectivity index (χ3v) is 6.42. The number of alkyl halides is 2. The van der Waals surface area contributed by atoms with Gasteiger partial charge in [-0.3, -0.25) is 9.79 Å². The summed E-state index contributed by atoms with van der Waals surface area (Å²) in [5, 5.41) is 2.92. The monoisotopic (exact) mass is 467 g/mol. The van der Waals surface area contributed by atoms with Crippen LogP contribution in [0.3, 0.4) is 0 Å². The summed E-state index contributed by atoms with van der Waals surface area (Å²) in [5.41, 5.74) is 5.33. The molecule has 2 aliphatic heterocycles. The Balaban J connectivity index is 1.64. The Morgan fingerprint density at radius 2 is 2.19 bits per heavy atom. The van der Waals surface area contributed by atoms with E-state index in [1.54, 1.807) is 0 Å². The number of carbonyl (C=O) groups is 1. The van der Waals surface area contributed by atoms with Gasteiger partial charge in [0.1, 0.15) is 18.2 Å². The maximum Gasteiger partial charge on any atom is 0.275 e. The number of thioether (sulfide) groups is 1. The van der Waals surface area contributed by atoms with Crippen LogP contribution in [0.5, 0.6) is 5.88 Å². The third kappa shape index (κ3) is 4.24. The number of nitrogens with zero attached hydrogens (tertiary/aromatic N) is 3. The van der Waals surface area contributed by atoms with Gasteiger partial charge in [0.25, 0.3) is 5.91 Å². The molecule has 1 fully saturated rings. The van der Waals surface area contributed by atoms with E-state index in [2.05, 4.69) is 25.0 Å². The van der Waals surface area contributed by atoms with Crippen LogP contribution in [0.25, 0.3) is 0 Å². The highest BCUT2D eigenvalue weighted by molar-refractivity contribution is 8.13. The topological polar surface area (TPSA) is 112 Å². The summed E-state index contributed by atoms with van der Waals surface area (Å²) < 4.78 is 51.0. The molecule has 8 nitrogen and oxygen atoms in total. The van der Waals surface area contributed by atoms with Crippen LogP contribution in [0, 0.1) is 11.7 Å². The third-order valence-electron chi connectivity index (χ3n) is 5.50. The van der Waals surface area contributed by atoms with Crippen molar-refractivity contribution in [3.8, 4) is 5.88 Å². The molecule has 3 N–H and O–H groups in total. The first-order chi connectivity index (χ1) is 15.5. The number of anilines is 1. The second-order valence-corrected chi connectivity index (χ2v) is 8.29. The molecule has 0 unspecified atom stereocenters. The summed E-state index contributed by atoms with van der Waals surface area (Å²) in [6, 6.07) is 4.09. The Hall–Kier alpha value is -2.86. The number of fused-ring (bicyclic) bond motifs is 1. The molecule has 3 heterocycles. The summed E-state index contributed by atoms with van der Waals surface area (Å²) in [7, 11) is 0. The van der Waals surface area contributed by atoms with E-state index in [4.69, 9.17) is 10.5 Å². The molecule has 2 aliphatic rings. The van der Waals surface area contributed by atoms with E-state index in [0.29, 0.717) is 23.0 Å². The highest BCUT2D eigenvalue weighted by Gasteiger charge is 2.51. The second-order valence-electron chi connectivity index (χ2n) is 7.25. The van der Waals surface area contributed by atoms with E-state index in [-0.39, 0.29) is 23.7 Å². The number of hydrogen-bond donors (Lipinski definition) is 2. The Kier molecular flexibility index (Phi) is 6.51. The van der Waals surface area contributed by atoms with Gasteiger partial charge in [0.15, 0.2) is 5.17 Å². The van der Waals surface area contributed by atoms with Crippen molar-refractivity contribution < 1.29 is 27.4 Å². The molecule has 0 spiro atoms. The number of amides is 1. The van der Waals surface area contributed by atoms with E-state index in [1.165, 1.54) is 30.0 Å². The first kappa shape index (κ1) is 22.3. The molecule has 1 amide bonds. The van der Waals surface area contributed by atoms with Crippen LogP contribution in [-0.4, -0.2) is 53.0 Å². The number of halogens is 3. The van der Waals surface area contributed by atoms with Crippen LogP contribution in [-0.2, 0) is 10.3 Å². The standard InChI is InChI=1S/C20H20F3N5O3S/c21-6-16-13-9-32-19(24)28-20(13,3-4-30-16)12-5-11(1-2-14(12)23)27-18(29)15-7-26-17(8-25-15)31-10-22/h1-2,5,7-8,13,16H,3-4,6,9-10H2,(H2,24,28)(H,27,29)/t13-,16+,20+/m1/s1. The van der Waals surface area contributed by atoms with Gasteiger partial charge in [0.2, 0.25) is 12.7 Å². The van der Waals surface area contributed by atoms with E-state index < -0.39 is 42.8 Å². The number of nitrogens with two attached hydrogens (primary N) is 1. The smallest absolute Gasteiger partial charge is 0.275 e. The van der Waals surface area contributed by atoms with E-state index in [9.17, 15) is 13.6 Å². The van der Waals surface area contributed by atoms with Crippen molar-refractivity contribution in [1.29, 1.82) is 0 Å². The van der Waals surface area contributed by atoms with Crippen molar-refractivity contribution in [3.63, 3.8) is 0 Å². The van der Waals surface area contributed by atoms with Crippen LogP contribution in [0.15, 0.2) is 35.6 Å². The van der Waals surface area contributed by atoms with Crippen molar-refractivity contribution in [3.05, 3.63) is 47.7 Å². The molecular formula is C20H20F3N5O3S. The lowest BCUT2D eigenvalue weighted by Gasteiger charge is -2.47. The zero-order chi connectivity index (χ0) is 22.7. The van der Waals surface area contributed by atoms with E-state index >= 15 is 4.39 Å². The molecule has 170 valence electrons. The summed E-state index contributed by atoms with van der Waals surface area (Å²) >= 11 is 1.28. The van der Waals surface area contributed by atoms with Gasteiger partial charge in [-0.25, -0.2) is 23.1 Å². The number of rotatable bonds is 6. The maximum atomic E-state index is 15.0. The average Bonchev–Trinajstić information content (AvgIpc) is 2.80. The van der Waals surface area contributed by atoms with Gasteiger partial charge in [-0.1, -0.05) is 11.8 Å². The Morgan fingerprint density at radius 1 is 1.34 bits per heavy atom. The quantitative estimate of drug-likeness (QED) is 0.672. The lowest BCUT2D eigenvalue weighted by molar-refractivity contribution is -0.0714. The molecule has 0 bridgehead atoms. The molecule has 0 saturated carbocycles. The van der Waals surface area contributed by atoms with Crippen molar-refractivity contribution in [2.75, 3.05) is 31.2 Å². The predicted octanol–water partition coefficient (Wildman–Crippen LogP) is 2.81. The van der Waals surface area contributed by atoms with Gasteiger partial charge in [0.05, 0.1) is 24.0 Å². The van der Waals surface area contributed by atoms with Gasteiger partial charge in [0, 0.05) is 35.9 Å². The number of aliphatic imine (C=N–C) groups is 1. The van der Waals surface area contributed by atoms with E-state index in [0.717, 1.165) is 12.4 Å². The molecular weight excluding hydrogens is 447 g/mol.